The molecular formula is C18H20N2O3. The quantitative estimate of drug-likeness (QED) is 0.797. The lowest BCUT2D eigenvalue weighted by Crippen LogP contribution is -2.20. The van der Waals surface area contributed by atoms with Gasteiger partial charge in [-0.25, -0.2) is 4.79 Å². The molecule has 1 aromatic carbocycles. The third-order valence-electron chi connectivity index (χ3n) is 3.29. The summed E-state index contributed by atoms with van der Waals surface area (Å²) in [7, 11) is 0. The summed E-state index contributed by atoms with van der Waals surface area (Å²) in [5.74, 6) is -0.938. The molecule has 0 atom stereocenters. The van der Waals surface area contributed by atoms with E-state index in [-0.39, 0.29) is 12.5 Å². The Kier molecular flexibility index (Phi) is 6.29. The van der Waals surface area contributed by atoms with Gasteiger partial charge in [0.05, 0.1) is 5.56 Å². The molecule has 0 saturated heterocycles. The summed E-state index contributed by atoms with van der Waals surface area (Å²) in [6.07, 6.45) is 6.30. The molecule has 0 unspecified atom stereocenters. The number of rotatable bonds is 7. The summed E-state index contributed by atoms with van der Waals surface area (Å²) in [6, 6.07) is 10.9. The summed E-state index contributed by atoms with van der Waals surface area (Å²) in [5.41, 5.74) is 2.25. The number of esters is 1. The molecule has 0 aliphatic heterocycles. The van der Waals surface area contributed by atoms with Crippen LogP contribution in [0.15, 0.2) is 48.8 Å². The van der Waals surface area contributed by atoms with Crippen molar-refractivity contribution in [1.29, 1.82) is 0 Å². The lowest BCUT2D eigenvalue weighted by atomic mass is 10.1. The number of hydrogen-bond acceptors (Lipinski definition) is 4. The van der Waals surface area contributed by atoms with E-state index in [1.807, 2.05) is 24.3 Å². The third kappa shape index (κ3) is 5.54. The highest BCUT2D eigenvalue weighted by molar-refractivity contribution is 5.95. The predicted octanol–water partition coefficient (Wildman–Crippen LogP) is 3.22. The van der Waals surface area contributed by atoms with E-state index in [1.165, 1.54) is 11.8 Å². The minimum atomic E-state index is -0.567. The average Bonchev–Trinajstić information content (AvgIpc) is 2.60. The Labute approximate surface area is 135 Å². The van der Waals surface area contributed by atoms with Gasteiger partial charge < -0.3 is 10.1 Å². The number of carbonyl (C=O) groups excluding carboxylic acids is 2. The first-order valence-electron chi connectivity index (χ1n) is 7.65. The zero-order valence-electron chi connectivity index (χ0n) is 13.1. The van der Waals surface area contributed by atoms with Crippen molar-refractivity contribution in [3.05, 3.63) is 59.9 Å². The number of amides is 1. The Balaban J connectivity index is 1.79. The number of nitrogens with one attached hydrogen (secondary N) is 1. The second-order valence-corrected chi connectivity index (χ2v) is 5.17. The molecule has 0 spiro atoms. The van der Waals surface area contributed by atoms with Crippen molar-refractivity contribution < 1.29 is 14.3 Å². The zero-order chi connectivity index (χ0) is 16.5. The number of nitrogens with zero attached hydrogens (tertiary/aromatic N) is 1. The average molecular weight is 312 g/mol. The SMILES string of the molecule is CCCCc1ccc(NC(=O)COC(=O)c2cccnc2)cc1. The maximum atomic E-state index is 11.8. The van der Waals surface area contributed by atoms with Gasteiger partial charge in [0.15, 0.2) is 6.61 Å². The minimum absolute atomic E-state index is 0.320. The van der Waals surface area contributed by atoms with Crippen molar-refractivity contribution in [2.75, 3.05) is 11.9 Å². The van der Waals surface area contributed by atoms with Crippen LogP contribution in [-0.4, -0.2) is 23.5 Å². The number of ether oxygens (including phenoxy) is 1. The fraction of sp³-hybridized carbons (Fsp3) is 0.278. The molecule has 5 nitrogen and oxygen atoms in total. The Morgan fingerprint density at radius 2 is 1.96 bits per heavy atom. The van der Waals surface area contributed by atoms with Crippen LogP contribution in [-0.2, 0) is 16.0 Å². The van der Waals surface area contributed by atoms with E-state index in [9.17, 15) is 9.59 Å². The molecule has 1 amide bonds. The molecule has 5 heteroatoms. The standard InChI is InChI=1S/C18H20N2O3/c1-2-3-5-14-7-9-16(10-8-14)20-17(21)13-23-18(22)15-6-4-11-19-12-15/h4,6-12H,2-3,5,13H2,1H3,(H,20,21). The summed E-state index contributed by atoms with van der Waals surface area (Å²) in [6.45, 7) is 1.83. The summed E-state index contributed by atoms with van der Waals surface area (Å²) in [4.78, 5) is 27.3. The normalized spacial score (nSPS) is 10.1. The second-order valence-electron chi connectivity index (χ2n) is 5.17. The van der Waals surface area contributed by atoms with Crippen molar-refractivity contribution in [3.8, 4) is 0 Å². The molecule has 23 heavy (non-hydrogen) atoms. The van der Waals surface area contributed by atoms with Gasteiger partial charge in [-0.15, -0.1) is 0 Å². The lowest BCUT2D eigenvalue weighted by Gasteiger charge is -2.07. The van der Waals surface area contributed by atoms with E-state index in [1.54, 1.807) is 18.3 Å². The van der Waals surface area contributed by atoms with Crippen molar-refractivity contribution in [1.82, 2.24) is 4.98 Å². The smallest absolute Gasteiger partial charge is 0.340 e. The molecule has 0 saturated carbocycles. The molecule has 1 heterocycles. The van der Waals surface area contributed by atoms with Crippen LogP contribution in [0.5, 0.6) is 0 Å². The van der Waals surface area contributed by atoms with Gasteiger partial charge >= 0.3 is 5.97 Å². The van der Waals surface area contributed by atoms with Crippen molar-refractivity contribution in [2.45, 2.75) is 26.2 Å². The molecule has 2 rings (SSSR count). The highest BCUT2D eigenvalue weighted by Crippen LogP contribution is 2.11. The monoisotopic (exact) mass is 312 g/mol. The summed E-state index contributed by atoms with van der Waals surface area (Å²) < 4.78 is 4.95. The lowest BCUT2D eigenvalue weighted by molar-refractivity contribution is -0.119. The fourth-order valence-corrected chi connectivity index (χ4v) is 2.03. The molecular weight excluding hydrogens is 292 g/mol. The Hall–Kier alpha value is -2.69. The largest absolute Gasteiger partial charge is 0.452 e. The number of anilines is 1. The van der Waals surface area contributed by atoms with E-state index >= 15 is 0 Å². The fourth-order valence-electron chi connectivity index (χ4n) is 2.03. The van der Waals surface area contributed by atoms with Crippen LogP contribution in [0.3, 0.4) is 0 Å². The van der Waals surface area contributed by atoms with Crippen molar-refractivity contribution in [2.24, 2.45) is 0 Å². The first kappa shape index (κ1) is 16.7. The van der Waals surface area contributed by atoms with Gasteiger partial charge in [0.1, 0.15) is 0 Å². The molecule has 0 bridgehead atoms. The van der Waals surface area contributed by atoms with Crippen LogP contribution in [0.2, 0.25) is 0 Å². The van der Waals surface area contributed by atoms with Crippen LogP contribution >= 0.6 is 0 Å². The molecule has 0 aliphatic carbocycles. The van der Waals surface area contributed by atoms with Gasteiger partial charge in [0.2, 0.25) is 0 Å². The summed E-state index contributed by atoms with van der Waals surface area (Å²) in [5, 5.41) is 2.70. The minimum Gasteiger partial charge on any atom is -0.452 e. The van der Waals surface area contributed by atoms with E-state index in [0.29, 0.717) is 11.3 Å². The Morgan fingerprint density at radius 1 is 1.17 bits per heavy atom. The molecule has 0 fully saturated rings. The number of carbonyl (C=O) groups is 2. The van der Waals surface area contributed by atoms with E-state index < -0.39 is 5.97 Å². The van der Waals surface area contributed by atoms with Crippen LogP contribution in [0, 0.1) is 0 Å². The number of unbranched alkanes of at least 4 members (excludes halogenated alkanes) is 1. The van der Waals surface area contributed by atoms with Crippen LogP contribution in [0.1, 0.15) is 35.7 Å². The number of aromatic nitrogens is 1. The van der Waals surface area contributed by atoms with E-state index in [0.717, 1.165) is 19.3 Å². The Bertz CT molecular complexity index is 639. The third-order valence-corrected chi connectivity index (χ3v) is 3.29. The highest BCUT2D eigenvalue weighted by Gasteiger charge is 2.10. The highest BCUT2D eigenvalue weighted by atomic mass is 16.5. The van der Waals surface area contributed by atoms with Crippen LogP contribution < -0.4 is 5.32 Å². The molecule has 0 radical (unpaired) electrons. The molecule has 1 aromatic heterocycles. The Morgan fingerprint density at radius 3 is 2.61 bits per heavy atom. The second kappa shape index (κ2) is 8.68. The first-order chi connectivity index (χ1) is 11.2. The van der Waals surface area contributed by atoms with Gasteiger partial charge in [-0.3, -0.25) is 9.78 Å². The first-order valence-corrected chi connectivity index (χ1v) is 7.65. The van der Waals surface area contributed by atoms with Gasteiger partial charge in [-0.2, -0.15) is 0 Å². The molecule has 0 aliphatic rings. The van der Waals surface area contributed by atoms with Gasteiger partial charge in [0.25, 0.3) is 5.91 Å². The number of pyridine rings is 1. The van der Waals surface area contributed by atoms with Crippen LogP contribution in [0.4, 0.5) is 5.69 Å². The number of benzene rings is 1. The van der Waals surface area contributed by atoms with Crippen LogP contribution in [0.25, 0.3) is 0 Å². The van der Waals surface area contributed by atoms with Crippen molar-refractivity contribution in [3.63, 3.8) is 0 Å². The maximum absolute atomic E-state index is 11.8. The molecule has 1 N–H and O–H groups in total. The topological polar surface area (TPSA) is 68.3 Å². The summed E-state index contributed by atoms with van der Waals surface area (Å²) >= 11 is 0. The van der Waals surface area contributed by atoms with E-state index in [4.69, 9.17) is 4.74 Å². The van der Waals surface area contributed by atoms with E-state index in [2.05, 4.69) is 17.2 Å². The maximum Gasteiger partial charge on any atom is 0.340 e. The zero-order valence-corrected chi connectivity index (χ0v) is 13.1. The molecule has 2 aromatic rings. The number of hydrogen-bond donors (Lipinski definition) is 1. The van der Waals surface area contributed by atoms with Crippen molar-refractivity contribution >= 4 is 17.6 Å². The van der Waals surface area contributed by atoms with Gasteiger partial charge in [-0.1, -0.05) is 25.5 Å². The van der Waals surface area contributed by atoms with Gasteiger partial charge in [-0.05, 0) is 42.7 Å². The van der Waals surface area contributed by atoms with Gasteiger partial charge in [0, 0.05) is 18.1 Å². The molecule has 120 valence electrons. The predicted molar refractivity (Wildman–Crippen MR) is 88.2 cm³/mol. The number of aryl methyl sites for hydroxylation is 1.